The lowest BCUT2D eigenvalue weighted by molar-refractivity contribution is 0.686. The van der Waals surface area contributed by atoms with Crippen LogP contribution < -0.4 is 0 Å². The van der Waals surface area contributed by atoms with Gasteiger partial charge in [0.1, 0.15) is 0 Å². The van der Waals surface area contributed by atoms with Gasteiger partial charge in [0.2, 0.25) is 0 Å². The number of hydrogen-bond acceptors (Lipinski definition) is 0. The van der Waals surface area contributed by atoms with E-state index in [4.69, 9.17) is 0 Å². The van der Waals surface area contributed by atoms with Crippen molar-refractivity contribution >= 4 is 8.07 Å². The summed E-state index contributed by atoms with van der Waals surface area (Å²) in [5.41, 5.74) is 6.41. The third kappa shape index (κ3) is 1.47. The number of rotatable bonds is 2. The Bertz CT molecular complexity index is 313. The van der Waals surface area contributed by atoms with Crippen LogP contribution in [0.5, 0.6) is 0 Å². The summed E-state index contributed by atoms with van der Waals surface area (Å²) in [6, 6.07) is 0. The van der Waals surface area contributed by atoms with E-state index in [9.17, 15) is 0 Å². The molecule has 0 aromatic rings. The molecule has 0 fully saturated rings. The van der Waals surface area contributed by atoms with Crippen LogP contribution in [0.25, 0.3) is 0 Å². The normalized spacial score (nSPS) is 21.6. The fraction of sp³-hybridized carbons (Fsp3) is 0.714. The molecule has 0 spiro atoms. The van der Waals surface area contributed by atoms with Crippen LogP contribution in [0.3, 0.4) is 0 Å². The Labute approximate surface area is 96.5 Å². The highest BCUT2D eigenvalue weighted by molar-refractivity contribution is 6.80. The lowest BCUT2D eigenvalue weighted by atomic mass is 9.92. The van der Waals surface area contributed by atoms with Crippen molar-refractivity contribution in [3.63, 3.8) is 0 Å². The van der Waals surface area contributed by atoms with Gasteiger partial charge in [0.25, 0.3) is 0 Å². The molecule has 0 aromatic heterocycles. The maximum atomic E-state index is 2.51. The van der Waals surface area contributed by atoms with Crippen molar-refractivity contribution in [3.8, 4) is 0 Å². The summed E-state index contributed by atoms with van der Waals surface area (Å²) < 4.78 is 0. The van der Waals surface area contributed by atoms with Crippen molar-refractivity contribution in [2.24, 2.45) is 0 Å². The van der Waals surface area contributed by atoms with Gasteiger partial charge in [-0.15, -0.1) is 0 Å². The highest BCUT2D eigenvalue weighted by atomic mass is 28.3. The summed E-state index contributed by atoms with van der Waals surface area (Å²) in [5, 5.41) is 0.432. The molecule has 0 radical (unpaired) electrons. The minimum absolute atomic E-state index is 0.432. The summed E-state index contributed by atoms with van der Waals surface area (Å²) >= 11 is 0. The average Bonchev–Trinajstić information content (AvgIpc) is 2.29. The van der Waals surface area contributed by atoms with Crippen LogP contribution in [0.4, 0.5) is 0 Å². The maximum absolute atomic E-state index is 2.51. The molecule has 1 rings (SSSR count). The first-order valence-corrected chi connectivity index (χ1v) is 9.56. The zero-order valence-electron chi connectivity index (χ0n) is 11.7. The van der Waals surface area contributed by atoms with E-state index in [2.05, 4.69) is 54.3 Å². The Balaban J connectivity index is 3.49. The second-order valence-electron chi connectivity index (χ2n) is 6.01. The zero-order valence-corrected chi connectivity index (χ0v) is 12.7. The quantitative estimate of drug-likeness (QED) is 0.566. The molecular weight excluding hydrogens is 196 g/mol. The topological polar surface area (TPSA) is 0 Å². The second-order valence-corrected chi connectivity index (χ2v) is 11.4. The molecule has 0 saturated carbocycles. The van der Waals surface area contributed by atoms with Crippen molar-refractivity contribution in [3.05, 3.63) is 22.3 Å². The van der Waals surface area contributed by atoms with Crippen molar-refractivity contribution in [2.75, 3.05) is 0 Å². The third-order valence-corrected chi connectivity index (χ3v) is 8.44. The minimum atomic E-state index is -1.20. The molecule has 1 heteroatoms. The van der Waals surface area contributed by atoms with E-state index >= 15 is 0 Å². The van der Waals surface area contributed by atoms with Gasteiger partial charge in [-0.1, -0.05) is 37.7 Å². The Morgan fingerprint density at radius 2 is 1.20 bits per heavy atom. The monoisotopic (exact) mass is 222 g/mol. The summed E-state index contributed by atoms with van der Waals surface area (Å²) in [6.45, 7) is 19.2. The van der Waals surface area contributed by atoms with E-state index < -0.39 is 8.07 Å². The first-order chi connectivity index (χ1) is 6.70. The van der Waals surface area contributed by atoms with Gasteiger partial charge in [-0.2, -0.15) is 0 Å². The van der Waals surface area contributed by atoms with E-state index in [1.54, 1.807) is 22.3 Å². The van der Waals surface area contributed by atoms with E-state index in [1.807, 2.05) is 0 Å². The Hall–Kier alpha value is -0.303. The molecule has 0 aromatic carbocycles. The van der Waals surface area contributed by atoms with Gasteiger partial charge < -0.3 is 0 Å². The van der Waals surface area contributed by atoms with Crippen LogP contribution in [0.2, 0.25) is 24.7 Å². The fourth-order valence-corrected chi connectivity index (χ4v) is 7.36. The minimum Gasteiger partial charge on any atom is -0.0686 e. The van der Waals surface area contributed by atoms with E-state index in [1.165, 1.54) is 6.42 Å². The molecule has 1 aliphatic carbocycles. The van der Waals surface area contributed by atoms with Crippen LogP contribution in [-0.2, 0) is 0 Å². The van der Waals surface area contributed by atoms with Gasteiger partial charge in [0.15, 0.2) is 0 Å². The van der Waals surface area contributed by atoms with Crippen LogP contribution in [0.15, 0.2) is 22.3 Å². The van der Waals surface area contributed by atoms with E-state index in [0.29, 0.717) is 5.04 Å². The summed E-state index contributed by atoms with van der Waals surface area (Å²) in [6.07, 6.45) is 1.27. The average molecular weight is 222 g/mol. The van der Waals surface area contributed by atoms with Crippen molar-refractivity contribution in [2.45, 2.75) is 65.7 Å². The molecule has 15 heavy (non-hydrogen) atoms. The van der Waals surface area contributed by atoms with Crippen LogP contribution in [0.1, 0.15) is 41.0 Å². The van der Waals surface area contributed by atoms with Gasteiger partial charge in [-0.3, -0.25) is 0 Å². The highest BCUT2D eigenvalue weighted by Gasteiger charge is 2.48. The lowest BCUT2D eigenvalue weighted by Gasteiger charge is -2.43. The van der Waals surface area contributed by atoms with Crippen molar-refractivity contribution in [1.82, 2.24) is 0 Å². The molecule has 0 saturated heterocycles. The predicted octanol–water partition coefficient (Wildman–Crippen LogP) is 5.16. The molecule has 0 bridgehead atoms. The summed E-state index contributed by atoms with van der Waals surface area (Å²) in [7, 11) is -1.20. The Morgan fingerprint density at radius 1 is 0.867 bits per heavy atom. The molecule has 0 heterocycles. The van der Waals surface area contributed by atoms with Gasteiger partial charge in [-0.05, 0) is 45.3 Å². The lowest BCUT2D eigenvalue weighted by Crippen LogP contribution is -2.40. The van der Waals surface area contributed by atoms with E-state index in [0.717, 1.165) is 0 Å². The van der Waals surface area contributed by atoms with Crippen LogP contribution >= 0.6 is 0 Å². The zero-order chi connectivity index (χ0) is 12.0. The van der Waals surface area contributed by atoms with Crippen molar-refractivity contribution in [1.29, 1.82) is 0 Å². The fourth-order valence-electron chi connectivity index (χ4n) is 3.67. The van der Waals surface area contributed by atoms with Gasteiger partial charge in [-0.25, -0.2) is 0 Å². The SMILES string of the molecule is CCC1([Si](C)(C)C)C(C)=C(C)C(C)=C1C. The Kier molecular flexibility index (Phi) is 3.08. The molecule has 86 valence electrons. The van der Waals surface area contributed by atoms with Crippen LogP contribution in [-0.4, -0.2) is 8.07 Å². The van der Waals surface area contributed by atoms with Gasteiger partial charge >= 0.3 is 0 Å². The molecule has 1 aliphatic rings. The first-order valence-electron chi connectivity index (χ1n) is 6.06. The summed E-state index contributed by atoms with van der Waals surface area (Å²) in [5.74, 6) is 0. The molecule has 0 nitrogen and oxygen atoms in total. The van der Waals surface area contributed by atoms with Gasteiger partial charge in [0, 0.05) is 5.04 Å². The molecule has 0 aliphatic heterocycles. The molecular formula is C14H26Si. The molecule has 0 amide bonds. The third-order valence-electron chi connectivity index (χ3n) is 4.78. The number of allylic oxidation sites excluding steroid dienone is 4. The molecule has 0 N–H and O–H groups in total. The first kappa shape index (κ1) is 12.8. The summed E-state index contributed by atoms with van der Waals surface area (Å²) in [4.78, 5) is 0. The van der Waals surface area contributed by atoms with Crippen LogP contribution in [0, 0.1) is 0 Å². The Morgan fingerprint density at radius 3 is 1.33 bits per heavy atom. The highest BCUT2D eigenvalue weighted by Crippen LogP contribution is 2.60. The van der Waals surface area contributed by atoms with Crippen molar-refractivity contribution < 1.29 is 0 Å². The molecule has 0 unspecified atom stereocenters. The largest absolute Gasteiger partial charge is 0.0686 e. The number of hydrogen-bond donors (Lipinski definition) is 0. The predicted molar refractivity (Wildman–Crippen MR) is 73.1 cm³/mol. The smallest absolute Gasteiger partial charge is 0.0604 e. The van der Waals surface area contributed by atoms with E-state index in [-0.39, 0.29) is 0 Å². The second kappa shape index (κ2) is 3.62. The molecule has 0 atom stereocenters. The maximum Gasteiger partial charge on any atom is 0.0604 e. The standard InChI is InChI=1S/C14H26Si/c1-9-14(15(6,7)8)12(4)10(2)11(3)13(14)5/h9H2,1-8H3. The van der Waals surface area contributed by atoms with Gasteiger partial charge in [0.05, 0.1) is 8.07 Å².